The van der Waals surface area contributed by atoms with E-state index in [1.54, 1.807) is 11.3 Å². The molecule has 1 atom stereocenters. The molecule has 0 amide bonds. The van der Waals surface area contributed by atoms with Gasteiger partial charge in [-0.15, -0.1) is 11.3 Å². The number of hydrogen-bond donors (Lipinski definition) is 0. The first kappa shape index (κ1) is 12.6. The summed E-state index contributed by atoms with van der Waals surface area (Å²) in [4.78, 5) is 16.0. The lowest BCUT2D eigenvalue weighted by Gasteiger charge is -2.33. The molecular weight excluding hydrogens is 284 g/mol. The second-order valence-electron chi connectivity index (χ2n) is 4.31. The summed E-state index contributed by atoms with van der Waals surface area (Å²) in [5, 5.41) is 2.29. The van der Waals surface area contributed by atoms with Gasteiger partial charge in [-0.05, 0) is 42.0 Å². The van der Waals surface area contributed by atoms with Crippen molar-refractivity contribution in [2.75, 3.05) is 18.6 Å². The summed E-state index contributed by atoms with van der Waals surface area (Å²) in [5.74, 6) is 0.571. The van der Waals surface area contributed by atoms with E-state index in [4.69, 9.17) is 16.3 Å². The summed E-state index contributed by atoms with van der Waals surface area (Å²) in [7, 11) is 1.52. The van der Waals surface area contributed by atoms with Gasteiger partial charge in [-0.2, -0.15) is 15.0 Å². The molecular formula is C12H13ClN4OS. The molecule has 0 spiro atoms. The highest BCUT2D eigenvalue weighted by Crippen LogP contribution is 2.35. The van der Waals surface area contributed by atoms with E-state index in [9.17, 15) is 0 Å². The zero-order valence-electron chi connectivity index (χ0n) is 10.6. The second-order valence-corrected chi connectivity index (χ2v) is 5.65. The number of aromatic nitrogens is 3. The van der Waals surface area contributed by atoms with E-state index in [2.05, 4.69) is 38.2 Å². The average molecular weight is 297 g/mol. The molecule has 1 unspecified atom stereocenters. The molecule has 2 aromatic heterocycles. The summed E-state index contributed by atoms with van der Waals surface area (Å²) in [6, 6.07) is 2.65. The van der Waals surface area contributed by atoms with Crippen molar-refractivity contribution in [2.24, 2.45) is 0 Å². The van der Waals surface area contributed by atoms with Crippen molar-refractivity contribution in [1.82, 2.24) is 15.0 Å². The van der Waals surface area contributed by atoms with Crippen LogP contribution in [-0.2, 0) is 6.42 Å². The van der Waals surface area contributed by atoms with Crippen molar-refractivity contribution < 1.29 is 4.74 Å². The predicted octanol–water partition coefficient (Wildman–Crippen LogP) is 2.72. The Morgan fingerprint density at radius 1 is 1.42 bits per heavy atom. The zero-order valence-corrected chi connectivity index (χ0v) is 12.2. The summed E-state index contributed by atoms with van der Waals surface area (Å²) < 4.78 is 5.04. The van der Waals surface area contributed by atoms with Gasteiger partial charge in [-0.3, -0.25) is 0 Å². The Labute approximate surface area is 120 Å². The quantitative estimate of drug-likeness (QED) is 0.853. The summed E-state index contributed by atoms with van der Waals surface area (Å²) in [6.45, 7) is 3.02. The van der Waals surface area contributed by atoms with Crippen LogP contribution in [0.4, 0.5) is 5.95 Å². The number of rotatable bonds is 2. The van der Waals surface area contributed by atoms with Crippen LogP contribution in [0.25, 0.3) is 0 Å². The fourth-order valence-corrected chi connectivity index (χ4v) is 3.44. The smallest absolute Gasteiger partial charge is 0.322 e. The topological polar surface area (TPSA) is 51.1 Å². The van der Waals surface area contributed by atoms with Gasteiger partial charge in [0.05, 0.1) is 13.2 Å². The third kappa shape index (κ3) is 2.26. The van der Waals surface area contributed by atoms with Crippen molar-refractivity contribution in [3.63, 3.8) is 0 Å². The van der Waals surface area contributed by atoms with Crippen LogP contribution in [0.5, 0.6) is 6.01 Å². The molecule has 5 nitrogen and oxygen atoms in total. The molecule has 1 aliphatic rings. The fourth-order valence-electron chi connectivity index (χ4n) is 2.32. The van der Waals surface area contributed by atoms with E-state index in [-0.39, 0.29) is 17.3 Å². The molecule has 0 saturated heterocycles. The molecule has 100 valence electrons. The van der Waals surface area contributed by atoms with E-state index in [1.807, 2.05) is 0 Å². The minimum Gasteiger partial charge on any atom is -0.467 e. The molecule has 3 heterocycles. The van der Waals surface area contributed by atoms with Gasteiger partial charge in [-0.1, -0.05) is 0 Å². The average Bonchev–Trinajstić information content (AvgIpc) is 2.87. The van der Waals surface area contributed by atoms with Crippen molar-refractivity contribution in [2.45, 2.75) is 19.4 Å². The molecule has 0 N–H and O–H groups in total. The summed E-state index contributed by atoms with van der Waals surface area (Å²) in [5.41, 5.74) is 1.34. The number of ether oxygens (including phenoxy) is 1. The van der Waals surface area contributed by atoms with Gasteiger partial charge >= 0.3 is 6.01 Å². The standard InChI is InChI=1S/C12H13ClN4OS/c1-7-8-4-6-19-9(8)3-5-17(7)11-14-10(13)15-12(16-11)18-2/h4,6-7H,3,5H2,1-2H3. The van der Waals surface area contributed by atoms with Crippen LogP contribution in [0, 0.1) is 0 Å². The van der Waals surface area contributed by atoms with E-state index >= 15 is 0 Å². The van der Waals surface area contributed by atoms with Crippen LogP contribution >= 0.6 is 22.9 Å². The first-order valence-corrected chi connectivity index (χ1v) is 7.23. The van der Waals surface area contributed by atoms with Crippen LogP contribution in [-0.4, -0.2) is 28.6 Å². The molecule has 0 aromatic carbocycles. The number of hydrogen-bond acceptors (Lipinski definition) is 6. The molecule has 0 aliphatic carbocycles. The second kappa shape index (κ2) is 4.94. The fraction of sp³-hybridized carbons (Fsp3) is 0.417. The van der Waals surface area contributed by atoms with Gasteiger partial charge in [0, 0.05) is 11.4 Å². The molecule has 0 bridgehead atoms. The third-order valence-corrected chi connectivity index (χ3v) is 4.46. The van der Waals surface area contributed by atoms with Crippen LogP contribution in [0.15, 0.2) is 11.4 Å². The Bertz CT molecular complexity index is 603. The molecule has 0 fully saturated rings. The lowest BCUT2D eigenvalue weighted by molar-refractivity contribution is 0.377. The van der Waals surface area contributed by atoms with E-state index in [0.29, 0.717) is 5.95 Å². The van der Waals surface area contributed by atoms with Crippen molar-refractivity contribution in [1.29, 1.82) is 0 Å². The monoisotopic (exact) mass is 296 g/mol. The first-order chi connectivity index (χ1) is 9.19. The highest BCUT2D eigenvalue weighted by molar-refractivity contribution is 7.10. The normalized spacial score (nSPS) is 18.3. The molecule has 0 saturated carbocycles. The van der Waals surface area contributed by atoms with Gasteiger partial charge in [0.25, 0.3) is 0 Å². The van der Waals surface area contributed by atoms with E-state index < -0.39 is 0 Å². The third-order valence-electron chi connectivity index (χ3n) is 3.29. The molecule has 0 radical (unpaired) electrons. The minimum absolute atomic E-state index is 0.158. The van der Waals surface area contributed by atoms with Gasteiger partial charge in [-0.25, -0.2) is 0 Å². The molecule has 2 aromatic rings. The maximum absolute atomic E-state index is 5.91. The number of thiophene rings is 1. The largest absolute Gasteiger partial charge is 0.467 e. The van der Waals surface area contributed by atoms with Crippen LogP contribution in [0.1, 0.15) is 23.4 Å². The molecule has 19 heavy (non-hydrogen) atoms. The van der Waals surface area contributed by atoms with Gasteiger partial charge < -0.3 is 9.64 Å². The van der Waals surface area contributed by atoms with Crippen molar-refractivity contribution >= 4 is 28.9 Å². The summed E-state index contributed by atoms with van der Waals surface area (Å²) in [6.07, 6.45) is 1.00. The first-order valence-electron chi connectivity index (χ1n) is 5.97. The Balaban J connectivity index is 1.97. The molecule has 7 heteroatoms. The van der Waals surface area contributed by atoms with Crippen LogP contribution in [0.3, 0.4) is 0 Å². The van der Waals surface area contributed by atoms with Gasteiger partial charge in [0.15, 0.2) is 0 Å². The number of nitrogens with zero attached hydrogens (tertiary/aromatic N) is 4. The Kier molecular flexibility index (Phi) is 3.28. The Hall–Kier alpha value is -1.40. The highest BCUT2D eigenvalue weighted by Gasteiger charge is 2.27. The van der Waals surface area contributed by atoms with Crippen molar-refractivity contribution in [3.05, 3.63) is 27.2 Å². The SMILES string of the molecule is COc1nc(Cl)nc(N2CCc3sccc3C2C)n1. The molecule has 3 rings (SSSR count). The van der Waals surface area contributed by atoms with Gasteiger partial charge in [0.1, 0.15) is 0 Å². The van der Waals surface area contributed by atoms with E-state index in [0.717, 1.165) is 13.0 Å². The summed E-state index contributed by atoms with van der Waals surface area (Å²) >= 11 is 7.71. The number of fused-ring (bicyclic) bond motifs is 1. The number of halogens is 1. The zero-order chi connectivity index (χ0) is 13.4. The Morgan fingerprint density at radius 2 is 2.26 bits per heavy atom. The lowest BCUT2D eigenvalue weighted by Crippen LogP contribution is -2.34. The van der Waals surface area contributed by atoms with Crippen LogP contribution < -0.4 is 9.64 Å². The van der Waals surface area contributed by atoms with E-state index in [1.165, 1.54) is 17.6 Å². The molecule has 1 aliphatic heterocycles. The lowest BCUT2D eigenvalue weighted by atomic mass is 10.0. The maximum Gasteiger partial charge on any atom is 0.322 e. The predicted molar refractivity (Wildman–Crippen MR) is 75.2 cm³/mol. The highest BCUT2D eigenvalue weighted by atomic mass is 35.5. The minimum atomic E-state index is 0.158. The number of anilines is 1. The van der Waals surface area contributed by atoms with Crippen molar-refractivity contribution in [3.8, 4) is 6.01 Å². The van der Waals surface area contributed by atoms with Gasteiger partial charge in [0.2, 0.25) is 11.2 Å². The number of methoxy groups -OCH3 is 1. The Morgan fingerprint density at radius 3 is 3.05 bits per heavy atom. The van der Waals surface area contributed by atoms with Crippen LogP contribution in [0.2, 0.25) is 5.28 Å². The maximum atomic E-state index is 5.91.